The molecule has 4 rings (SSSR count). The maximum absolute atomic E-state index is 12.2. The van der Waals surface area contributed by atoms with Crippen LogP contribution in [0.2, 0.25) is 0 Å². The summed E-state index contributed by atoms with van der Waals surface area (Å²) in [5.74, 6) is -0.354. The van der Waals surface area contributed by atoms with E-state index in [1.54, 1.807) is 18.2 Å². The van der Waals surface area contributed by atoms with Gasteiger partial charge in [0.1, 0.15) is 0 Å². The minimum absolute atomic E-state index is 0. The SMILES string of the molecule is C.CCNC(=O)CCC/C=C\C[C@@H]1[C@@H](/C=C/C(=O)CCc2ccccc2)[C@H](O)C[C@@H]1O.CCNC(=O)CCC/C=C\C[C@@H]1[C@@H](/C=C/[C@@H](O)CCc2ccccc2)[C@H](O)C[C@@H]1O.[2H][2H]. The van der Waals surface area contributed by atoms with Crippen molar-refractivity contribution in [1.29, 1.82) is 0 Å². The zero-order chi connectivity index (χ0) is 45.5. The van der Waals surface area contributed by atoms with Crippen LogP contribution in [0.4, 0.5) is 0 Å². The molecule has 2 fully saturated rings. The number of unbranched alkanes of at least 4 members (excludes halogenated alkanes) is 2. The molecule has 340 valence electrons. The molecule has 2 aromatic rings. The quantitative estimate of drug-likeness (QED) is 0.0325. The summed E-state index contributed by atoms with van der Waals surface area (Å²) in [5.41, 5.74) is 2.32. The van der Waals surface area contributed by atoms with Crippen molar-refractivity contribution in [3.05, 3.63) is 120 Å². The summed E-state index contributed by atoms with van der Waals surface area (Å²) in [6, 6.07) is 19.9. The lowest BCUT2D eigenvalue weighted by atomic mass is 9.89. The number of nitrogens with one attached hydrogen (secondary N) is 2. The Labute approximate surface area is 369 Å². The monoisotopic (exact) mass is 849 g/mol. The van der Waals surface area contributed by atoms with Crippen molar-refractivity contribution < 1.29 is 42.9 Å². The number of allylic oxidation sites excluding steroid dienone is 5. The first-order chi connectivity index (χ1) is 30.0. The molecule has 0 aliphatic heterocycles. The standard InChI is InChI=1S/C25H37NO4.C25H35NO4.CH4.H2/c2*1-2-26-25(30)13-9-4-3-8-12-21-22(24(29)18-23(21)28)17-16-20(27)15-14-19-10-6-5-7-11-19;;/h3,5-8,10-11,16-17,20-24,27-29H,2,4,9,12-15,18H2,1H3,(H,26,30);3,5-8,10-11,16-17,21-24,28-29H,2,4,9,12-15,18H2,1H3,(H,26,30);1H4;1H/b2*8-3-,17-16+;;/t20-,21+,22+,23-,24+;21-,22-,23+,24-;;/m01../s1/i;;;1+1D. The summed E-state index contributed by atoms with van der Waals surface area (Å²) in [7, 11) is 0. The Morgan fingerprint density at radius 1 is 0.672 bits per heavy atom. The second kappa shape index (κ2) is 30.8. The van der Waals surface area contributed by atoms with Gasteiger partial charge in [0.2, 0.25) is 11.8 Å². The van der Waals surface area contributed by atoms with Crippen molar-refractivity contribution in [2.24, 2.45) is 23.7 Å². The van der Waals surface area contributed by atoms with Gasteiger partial charge in [-0.1, -0.05) is 111 Å². The smallest absolute Gasteiger partial charge is 0.219 e. The van der Waals surface area contributed by atoms with Gasteiger partial charge in [-0.05, 0) is 101 Å². The number of ketones is 1. The maximum Gasteiger partial charge on any atom is 0.219 e. The predicted molar refractivity (Wildman–Crippen MR) is 247 cm³/mol. The van der Waals surface area contributed by atoms with E-state index in [2.05, 4.69) is 10.6 Å². The molecule has 61 heavy (non-hydrogen) atoms. The van der Waals surface area contributed by atoms with Gasteiger partial charge in [0.05, 0.1) is 30.5 Å². The fourth-order valence-electron chi connectivity index (χ4n) is 8.01. The minimum Gasteiger partial charge on any atom is -0.393 e. The van der Waals surface area contributed by atoms with Crippen LogP contribution < -0.4 is 10.6 Å². The molecule has 0 radical (unpaired) electrons. The van der Waals surface area contributed by atoms with Gasteiger partial charge in [0, 0.05) is 60.0 Å². The van der Waals surface area contributed by atoms with Crippen molar-refractivity contribution in [2.45, 2.75) is 142 Å². The molecular formula is C51H78N2O8. The largest absolute Gasteiger partial charge is 0.393 e. The molecule has 0 bridgehead atoms. The topological polar surface area (TPSA) is 176 Å². The molecule has 10 heteroatoms. The molecule has 2 saturated carbocycles. The number of benzene rings is 2. The summed E-state index contributed by atoms with van der Waals surface area (Å²) in [4.78, 5) is 35.1. The van der Waals surface area contributed by atoms with E-state index in [-0.39, 0.29) is 48.7 Å². The van der Waals surface area contributed by atoms with Crippen molar-refractivity contribution in [1.82, 2.24) is 10.6 Å². The van der Waals surface area contributed by atoms with Gasteiger partial charge < -0.3 is 36.2 Å². The zero-order valence-corrected chi connectivity index (χ0v) is 35.9. The molecule has 0 heterocycles. The van der Waals surface area contributed by atoms with E-state index in [1.165, 1.54) is 5.56 Å². The first kappa shape index (κ1) is 51.2. The number of amides is 2. The molecule has 2 aromatic carbocycles. The number of aliphatic hydroxyl groups excluding tert-OH is 5. The average molecular weight is 849 g/mol. The lowest BCUT2D eigenvalue weighted by molar-refractivity contribution is -0.121. The van der Waals surface area contributed by atoms with Gasteiger partial charge in [-0.2, -0.15) is 0 Å². The summed E-state index contributed by atoms with van der Waals surface area (Å²) < 4.78 is 10.0. The van der Waals surface area contributed by atoms with E-state index in [1.807, 2.05) is 105 Å². The molecule has 9 atom stereocenters. The van der Waals surface area contributed by atoms with Gasteiger partial charge in [0.15, 0.2) is 5.78 Å². The Morgan fingerprint density at radius 2 is 1.13 bits per heavy atom. The molecule has 7 N–H and O–H groups in total. The molecule has 2 aliphatic carbocycles. The van der Waals surface area contributed by atoms with E-state index >= 15 is 0 Å². The molecule has 2 amide bonds. The molecular weight excluding hydrogens is 769 g/mol. The molecule has 2 aliphatic rings. The Morgan fingerprint density at radius 3 is 1.61 bits per heavy atom. The second-order valence-corrected chi connectivity index (χ2v) is 16.1. The summed E-state index contributed by atoms with van der Waals surface area (Å²) in [6.07, 6.45) is 21.0. The Kier molecular flexibility index (Phi) is 25.8. The van der Waals surface area contributed by atoms with Crippen molar-refractivity contribution >= 4 is 17.6 Å². The van der Waals surface area contributed by atoms with Crippen molar-refractivity contribution in [2.75, 3.05) is 13.1 Å². The fourth-order valence-corrected chi connectivity index (χ4v) is 8.01. The van der Waals surface area contributed by atoms with Gasteiger partial charge in [-0.3, -0.25) is 14.4 Å². The molecule has 0 aromatic heterocycles. The highest BCUT2D eigenvalue weighted by Gasteiger charge is 2.40. The van der Waals surface area contributed by atoms with E-state index in [4.69, 9.17) is 2.97 Å². The van der Waals surface area contributed by atoms with Crippen LogP contribution in [-0.4, -0.2) is 86.7 Å². The van der Waals surface area contributed by atoms with Crippen molar-refractivity contribution in [3.63, 3.8) is 0 Å². The van der Waals surface area contributed by atoms with Gasteiger partial charge >= 0.3 is 0 Å². The van der Waals surface area contributed by atoms with E-state index in [9.17, 15) is 39.9 Å². The first-order valence-electron chi connectivity index (χ1n) is 23.2. The normalized spacial score (nSPS) is 24.3. The van der Waals surface area contributed by atoms with Crippen LogP contribution in [0.1, 0.15) is 112 Å². The highest BCUT2D eigenvalue weighted by Crippen LogP contribution is 2.37. The lowest BCUT2D eigenvalue weighted by Crippen LogP contribution is -2.21. The summed E-state index contributed by atoms with van der Waals surface area (Å²) in [6.45, 7) is 5.12. The van der Waals surface area contributed by atoms with E-state index in [0.29, 0.717) is 70.9 Å². The Balaban J connectivity index is 0.000000597. The van der Waals surface area contributed by atoms with Crippen molar-refractivity contribution in [3.8, 4) is 0 Å². The third kappa shape index (κ3) is 21.0. The summed E-state index contributed by atoms with van der Waals surface area (Å²) >= 11 is 0. The Bertz CT molecular complexity index is 1640. The first-order valence-corrected chi connectivity index (χ1v) is 22.2. The number of hydrogen-bond donors (Lipinski definition) is 7. The molecule has 10 nitrogen and oxygen atoms in total. The summed E-state index contributed by atoms with van der Waals surface area (Å²) in [5, 5.41) is 57.2. The lowest BCUT2D eigenvalue weighted by Gasteiger charge is -2.19. The van der Waals surface area contributed by atoms with Gasteiger partial charge in [-0.25, -0.2) is 0 Å². The van der Waals surface area contributed by atoms with E-state index < -0.39 is 30.5 Å². The molecule has 0 spiro atoms. The molecule has 0 unspecified atom stereocenters. The highest BCUT2D eigenvalue weighted by molar-refractivity contribution is 5.89. The van der Waals surface area contributed by atoms with Crippen LogP contribution in [0, 0.1) is 23.7 Å². The number of aliphatic hydroxyl groups is 5. The number of rotatable bonds is 24. The maximum atomic E-state index is 12.2. The van der Waals surface area contributed by atoms with Crippen LogP contribution in [0.5, 0.6) is 0 Å². The zero-order valence-electron chi connectivity index (χ0n) is 37.9. The average Bonchev–Trinajstić information content (AvgIpc) is 3.71. The minimum atomic E-state index is -0.630. The van der Waals surface area contributed by atoms with Crippen LogP contribution in [0.15, 0.2) is 109 Å². The second-order valence-electron chi connectivity index (χ2n) is 16.1. The van der Waals surface area contributed by atoms with Crippen LogP contribution >= 0.6 is 0 Å². The molecule has 0 saturated heterocycles. The van der Waals surface area contributed by atoms with Crippen LogP contribution in [0.3, 0.4) is 0 Å². The van der Waals surface area contributed by atoms with Gasteiger partial charge in [-0.15, -0.1) is 0 Å². The van der Waals surface area contributed by atoms with Gasteiger partial charge in [0.25, 0.3) is 0 Å². The van der Waals surface area contributed by atoms with E-state index in [0.717, 1.165) is 37.7 Å². The number of aryl methyl sites for hydroxylation is 2. The third-order valence-corrected chi connectivity index (χ3v) is 11.4. The Hall–Kier alpha value is -4.19. The third-order valence-electron chi connectivity index (χ3n) is 11.4. The highest BCUT2D eigenvalue weighted by atomic mass is 16.3. The number of hydrogen-bond acceptors (Lipinski definition) is 8. The van der Waals surface area contributed by atoms with Crippen LogP contribution in [0.25, 0.3) is 0 Å². The fraction of sp³-hybridized carbons (Fsp3) is 0.549. The number of carbonyl (C=O) groups is 3. The predicted octanol–water partition coefficient (Wildman–Crippen LogP) is 7.38. The number of carbonyl (C=O) groups excluding carboxylic acids is 3. The van der Waals surface area contributed by atoms with Crippen LogP contribution in [-0.2, 0) is 27.2 Å².